The number of methoxy groups -OCH3 is 1. The van der Waals surface area contributed by atoms with Crippen molar-refractivity contribution in [2.45, 2.75) is 12.9 Å². The largest absolute Gasteiger partial charge is 0.377 e. The van der Waals surface area contributed by atoms with E-state index in [-0.39, 0.29) is 18.1 Å². The molecule has 4 rings (SSSR count). The number of benzene rings is 2. The van der Waals surface area contributed by atoms with Crippen LogP contribution in [0, 0.1) is 5.82 Å². The average Bonchev–Trinajstić information content (AvgIpc) is 2.70. The summed E-state index contributed by atoms with van der Waals surface area (Å²) in [5.74, 6) is 0.263. The second-order valence-electron chi connectivity index (χ2n) is 6.18. The SMILES string of the molecule is COCc1nccc(NC2Nc3ccc(F)cc3C(=O)N2c2ccccc2)n1. The highest BCUT2D eigenvalue weighted by molar-refractivity contribution is 6.12. The van der Waals surface area contributed by atoms with E-state index in [9.17, 15) is 9.18 Å². The first-order valence-electron chi connectivity index (χ1n) is 8.68. The number of aromatic nitrogens is 2. The molecule has 3 aromatic rings. The van der Waals surface area contributed by atoms with Crippen LogP contribution < -0.4 is 15.5 Å². The zero-order valence-electron chi connectivity index (χ0n) is 15.1. The number of nitrogens with zero attached hydrogens (tertiary/aromatic N) is 3. The molecule has 1 aliphatic heterocycles. The molecule has 2 N–H and O–H groups in total. The lowest BCUT2D eigenvalue weighted by atomic mass is 10.1. The van der Waals surface area contributed by atoms with Gasteiger partial charge in [-0.3, -0.25) is 9.69 Å². The van der Waals surface area contributed by atoms with E-state index in [1.165, 1.54) is 17.0 Å². The molecule has 1 aliphatic rings. The molecule has 2 aromatic carbocycles. The van der Waals surface area contributed by atoms with Crippen LogP contribution in [0.4, 0.5) is 21.6 Å². The predicted octanol–water partition coefficient (Wildman–Crippen LogP) is 3.23. The van der Waals surface area contributed by atoms with E-state index < -0.39 is 12.1 Å². The summed E-state index contributed by atoms with van der Waals surface area (Å²) in [6.45, 7) is 0.275. The summed E-state index contributed by atoms with van der Waals surface area (Å²) < 4.78 is 18.8. The van der Waals surface area contributed by atoms with E-state index in [2.05, 4.69) is 20.6 Å². The molecule has 2 heterocycles. The highest BCUT2D eigenvalue weighted by atomic mass is 19.1. The Balaban J connectivity index is 1.72. The first-order valence-corrected chi connectivity index (χ1v) is 8.68. The van der Waals surface area contributed by atoms with Crippen LogP contribution >= 0.6 is 0 Å². The maximum atomic E-state index is 13.7. The monoisotopic (exact) mass is 379 g/mol. The molecule has 0 saturated carbocycles. The third-order valence-corrected chi connectivity index (χ3v) is 4.28. The number of nitrogens with one attached hydrogen (secondary N) is 2. The minimum absolute atomic E-state index is 0.268. The van der Waals surface area contributed by atoms with E-state index in [0.717, 1.165) is 0 Å². The lowest BCUT2D eigenvalue weighted by Crippen LogP contribution is -2.53. The number of carbonyl (C=O) groups is 1. The van der Waals surface area contributed by atoms with Gasteiger partial charge in [0.1, 0.15) is 18.2 Å². The van der Waals surface area contributed by atoms with Crippen LogP contribution in [0.2, 0.25) is 0 Å². The molecule has 7 nitrogen and oxygen atoms in total. The molecular formula is C20H18FN5O2. The minimum atomic E-state index is -0.627. The molecule has 0 aliphatic carbocycles. The lowest BCUT2D eigenvalue weighted by molar-refractivity contribution is 0.0977. The summed E-state index contributed by atoms with van der Waals surface area (Å²) in [6, 6.07) is 15.0. The zero-order valence-corrected chi connectivity index (χ0v) is 15.1. The van der Waals surface area contributed by atoms with Crippen molar-refractivity contribution in [3.63, 3.8) is 0 Å². The van der Waals surface area contributed by atoms with Crippen molar-refractivity contribution in [3.05, 3.63) is 78.0 Å². The normalized spacial score (nSPS) is 15.7. The second-order valence-corrected chi connectivity index (χ2v) is 6.18. The molecule has 1 amide bonds. The minimum Gasteiger partial charge on any atom is -0.377 e. The molecular weight excluding hydrogens is 361 g/mol. The maximum Gasteiger partial charge on any atom is 0.263 e. The van der Waals surface area contributed by atoms with Crippen molar-refractivity contribution in [3.8, 4) is 0 Å². The van der Waals surface area contributed by atoms with Gasteiger partial charge in [-0.15, -0.1) is 0 Å². The molecule has 0 saturated heterocycles. The molecule has 1 unspecified atom stereocenters. The van der Waals surface area contributed by atoms with Crippen LogP contribution in [0.3, 0.4) is 0 Å². The fourth-order valence-electron chi connectivity index (χ4n) is 3.05. The van der Waals surface area contributed by atoms with Gasteiger partial charge in [0.15, 0.2) is 12.1 Å². The van der Waals surface area contributed by atoms with Gasteiger partial charge in [-0.1, -0.05) is 18.2 Å². The Labute approximate surface area is 161 Å². The third-order valence-electron chi connectivity index (χ3n) is 4.28. The third kappa shape index (κ3) is 3.49. The van der Waals surface area contributed by atoms with Crippen LogP contribution in [0.1, 0.15) is 16.2 Å². The quantitative estimate of drug-likeness (QED) is 0.709. The van der Waals surface area contributed by atoms with Crippen LogP contribution in [0.15, 0.2) is 60.8 Å². The highest BCUT2D eigenvalue weighted by Gasteiger charge is 2.33. The number of hydrogen-bond donors (Lipinski definition) is 2. The first-order chi connectivity index (χ1) is 13.7. The van der Waals surface area contributed by atoms with Crippen molar-refractivity contribution in [2.75, 3.05) is 22.6 Å². The molecule has 0 bridgehead atoms. The van der Waals surface area contributed by atoms with E-state index in [1.54, 1.807) is 25.4 Å². The Bertz CT molecular complexity index is 999. The summed E-state index contributed by atoms with van der Waals surface area (Å²) in [4.78, 5) is 23.2. The number of carbonyl (C=O) groups excluding carboxylic acids is 1. The Morgan fingerprint density at radius 2 is 2.04 bits per heavy atom. The van der Waals surface area contributed by atoms with Crippen molar-refractivity contribution < 1.29 is 13.9 Å². The standard InChI is InChI=1S/C20H18FN5O2/c1-28-12-18-22-10-9-17(24-18)25-20-23-16-8-7-13(21)11-15(16)19(27)26(20)14-5-3-2-4-6-14/h2-11,20,23H,12H2,1H3,(H,22,24,25). The Morgan fingerprint density at radius 3 is 2.82 bits per heavy atom. The van der Waals surface area contributed by atoms with Gasteiger partial charge in [-0.05, 0) is 36.4 Å². The van der Waals surface area contributed by atoms with E-state index >= 15 is 0 Å². The number of para-hydroxylation sites is 1. The number of anilines is 3. The van der Waals surface area contributed by atoms with Crippen LogP contribution in [-0.4, -0.2) is 29.3 Å². The molecule has 142 valence electrons. The molecule has 1 aromatic heterocycles. The molecule has 0 fully saturated rings. The number of rotatable bonds is 5. The zero-order chi connectivity index (χ0) is 19.5. The number of fused-ring (bicyclic) bond motifs is 1. The van der Waals surface area contributed by atoms with Gasteiger partial charge in [-0.25, -0.2) is 14.4 Å². The number of amides is 1. The lowest BCUT2D eigenvalue weighted by Gasteiger charge is -2.38. The second kappa shape index (κ2) is 7.61. The van der Waals surface area contributed by atoms with Gasteiger partial charge in [0.2, 0.25) is 0 Å². The summed E-state index contributed by atoms with van der Waals surface area (Å²) in [7, 11) is 1.57. The fourth-order valence-corrected chi connectivity index (χ4v) is 3.05. The van der Waals surface area contributed by atoms with Gasteiger partial charge in [-0.2, -0.15) is 0 Å². The van der Waals surface area contributed by atoms with Crippen LogP contribution in [-0.2, 0) is 11.3 Å². The predicted molar refractivity (Wildman–Crippen MR) is 103 cm³/mol. The van der Waals surface area contributed by atoms with Gasteiger partial charge in [0, 0.05) is 19.0 Å². The van der Waals surface area contributed by atoms with Crippen LogP contribution in [0.25, 0.3) is 0 Å². The number of hydrogen-bond acceptors (Lipinski definition) is 6. The molecule has 8 heteroatoms. The topological polar surface area (TPSA) is 79.4 Å². The smallest absolute Gasteiger partial charge is 0.263 e. The van der Waals surface area contributed by atoms with Crippen molar-refractivity contribution >= 4 is 23.1 Å². The summed E-state index contributed by atoms with van der Waals surface area (Å²) in [5, 5.41) is 6.45. The van der Waals surface area contributed by atoms with E-state index in [1.807, 2.05) is 30.3 Å². The van der Waals surface area contributed by atoms with Crippen LogP contribution in [0.5, 0.6) is 0 Å². The highest BCUT2D eigenvalue weighted by Crippen LogP contribution is 2.30. The Kier molecular flexibility index (Phi) is 4.86. The molecule has 1 atom stereocenters. The first kappa shape index (κ1) is 17.9. The molecule has 0 spiro atoms. The van der Waals surface area contributed by atoms with Crippen molar-refractivity contribution in [2.24, 2.45) is 0 Å². The number of halogens is 1. The number of ether oxygens (including phenoxy) is 1. The van der Waals surface area contributed by atoms with Crippen molar-refractivity contribution in [1.82, 2.24) is 9.97 Å². The summed E-state index contributed by atoms with van der Waals surface area (Å²) in [5.41, 5.74) is 1.48. The molecule has 0 radical (unpaired) electrons. The summed E-state index contributed by atoms with van der Waals surface area (Å²) >= 11 is 0. The van der Waals surface area contributed by atoms with E-state index in [0.29, 0.717) is 23.0 Å². The molecule has 28 heavy (non-hydrogen) atoms. The summed E-state index contributed by atoms with van der Waals surface area (Å²) in [6.07, 6.45) is 0.989. The van der Waals surface area contributed by atoms with Gasteiger partial charge >= 0.3 is 0 Å². The van der Waals surface area contributed by atoms with Gasteiger partial charge < -0.3 is 15.4 Å². The van der Waals surface area contributed by atoms with Gasteiger partial charge in [0.25, 0.3) is 5.91 Å². The Morgan fingerprint density at radius 1 is 1.21 bits per heavy atom. The average molecular weight is 379 g/mol. The van der Waals surface area contributed by atoms with E-state index in [4.69, 9.17) is 4.74 Å². The van der Waals surface area contributed by atoms with Gasteiger partial charge in [0.05, 0.1) is 11.3 Å². The maximum absolute atomic E-state index is 13.7. The fraction of sp³-hybridized carbons (Fsp3) is 0.150. The van der Waals surface area contributed by atoms with Crippen molar-refractivity contribution in [1.29, 1.82) is 0 Å². The Hall–Kier alpha value is -3.52.